The Balaban J connectivity index is 4.68. The van der Waals surface area contributed by atoms with Gasteiger partial charge in [-0.2, -0.15) is 0 Å². The lowest BCUT2D eigenvalue weighted by Gasteiger charge is -2.32. The maximum absolute atomic E-state index is 5.52. The Labute approximate surface area is 76.8 Å². The maximum atomic E-state index is 5.52. The smallest absolute Gasteiger partial charge is 0.369 e. The molecule has 0 fully saturated rings. The molecule has 0 heterocycles. The van der Waals surface area contributed by atoms with Crippen LogP contribution in [0.2, 0.25) is 5.54 Å². The Kier molecular flexibility index (Phi) is 4.75. The molecule has 0 aliphatic carbocycles. The van der Waals surface area contributed by atoms with Crippen molar-refractivity contribution in [2.75, 3.05) is 14.2 Å². The summed E-state index contributed by atoms with van der Waals surface area (Å²) in [6.07, 6.45) is 1.07. The van der Waals surface area contributed by atoms with Crippen LogP contribution in [0.4, 0.5) is 0 Å². The zero-order valence-electron chi connectivity index (χ0n) is 8.81. The summed E-state index contributed by atoms with van der Waals surface area (Å²) in [6, 6.07) is 0. The standard InChI is InChI=1S/C9H20O2Si/c1-7-9(4)12(10-5,11-6)8(2)3/h9H,2,7H2,1,3-6H3. The second kappa shape index (κ2) is 4.79. The molecule has 0 aromatic heterocycles. The summed E-state index contributed by atoms with van der Waals surface area (Å²) in [4.78, 5) is 0. The number of rotatable bonds is 5. The van der Waals surface area contributed by atoms with E-state index in [2.05, 4.69) is 20.4 Å². The van der Waals surface area contributed by atoms with Gasteiger partial charge in [0.05, 0.1) is 0 Å². The van der Waals surface area contributed by atoms with Gasteiger partial charge in [-0.15, -0.1) is 0 Å². The molecular formula is C9H20O2Si. The van der Waals surface area contributed by atoms with E-state index in [4.69, 9.17) is 8.85 Å². The zero-order valence-corrected chi connectivity index (χ0v) is 9.81. The minimum Gasteiger partial charge on any atom is -0.394 e. The van der Waals surface area contributed by atoms with Crippen molar-refractivity contribution >= 4 is 8.56 Å². The predicted octanol–water partition coefficient (Wildman–Crippen LogP) is 2.64. The van der Waals surface area contributed by atoms with E-state index in [-0.39, 0.29) is 0 Å². The fourth-order valence-electron chi connectivity index (χ4n) is 1.52. The number of hydrogen-bond acceptors (Lipinski definition) is 2. The van der Waals surface area contributed by atoms with E-state index < -0.39 is 8.56 Å². The summed E-state index contributed by atoms with van der Waals surface area (Å²) in [5, 5.41) is 1.06. The van der Waals surface area contributed by atoms with Crippen molar-refractivity contribution < 1.29 is 8.85 Å². The van der Waals surface area contributed by atoms with Crippen LogP contribution in [-0.4, -0.2) is 22.8 Å². The third-order valence-electron chi connectivity index (χ3n) is 2.46. The molecule has 0 spiro atoms. The lowest BCUT2D eigenvalue weighted by atomic mass is 10.4. The van der Waals surface area contributed by atoms with E-state index in [1.807, 2.05) is 6.92 Å². The highest BCUT2D eigenvalue weighted by atomic mass is 28.4. The van der Waals surface area contributed by atoms with Crippen LogP contribution in [0.25, 0.3) is 0 Å². The van der Waals surface area contributed by atoms with Crippen molar-refractivity contribution in [2.24, 2.45) is 0 Å². The molecule has 0 radical (unpaired) electrons. The molecule has 0 bridgehead atoms. The van der Waals surface area contributed by atoms with Gasteiger partial charge in [0.2, 0.25) is 0 Å². The summed E-state index contributed by atoms with van der Waals surface area (Å²) in [6.45, 7) is 10.2. The molecule has 0 aliphatic rings. The summed E-state index contributed by atoms with van der Waals surface area (Å²) >= 11 is 0. The predicted molar refractivity (Wildman–Crippen MR) is 54.3 cm³/mol. The van der Waals surface area contributed by atoms with Crippen LogP contribution in [0.3, 0.4) is 0 Å². The molecule has 0 aliphatic heterocycles. The van der Waals surface area contributed by atoms with Crippen LogP contribution < -0.4 is 0 Å². The van der Waals surface area contributed by atoms with Gasteiger partial charge >= 0.3 is 8.56 Å². The largest absolute Gasteiger partial charge is 0.394 e. The fraction of sp³-hybridized carbons (Fsp3) is 0.778. The van der Waals surface area contributed by atoms with Crippen LogP contribution in [-0.2, 0) is 8.85 Å². The van der Waals surface area contributed by atoms with Crippen molar-refractivity contribution in [2.45, 2.75) is 32.7 Å². The van der Waals surface area contributed by atoms with Crippen LogP contribution in [0, 0.1) is 0 Å². The Bertz CT molecular complexity index is 153. The summed E-state index contributed by atoms with van der Waals surface area (Å²) in [5.74, 6) is 0. The second-order valence-corrected chi connectivity index (χ2v) is 7.16. The molecule has 12 heavy (non-hydrogen) atoms. The monoisotopic (exact) mass is 188 g/mol. The van der Waals surface area contributed by atoms with Crippen molar-refractivity contribution in [3.8, 4) is 0 Å². The van der Waals surface area contributed by atoms with Gasteiger partial charge in [0.1, 0.15) is 0 Å². The molecular weight excluding hydrogens is 168 g/mol. The third kappa shape index (κ3) is 1.97. The molecule has 0 aromatic rings. The minimum absolute atomic E-state index is 0.463. The lowest BCUT2D eigenvalue weighted by molar-refractivity contribution is 0.240. The third-order valence-corrected chi connectivity index (χ3v) is 6.57. The van der Waals surface area contributed by atoms with Crippen molar-refractivity contribution in [1.82, 2.24) is 0 Å². The Morgan fingerprint density at radius 1 is 1.42 bits per heavy atom. The van der Waals surface area contributed by atoms with Gasteiger partial charge in [0, 0.05) is 19.8 Å². The summed E-state index contributed by atoms with van der Waals surface area (Å²) in [7, 11) is 1.32. The van der Waals surface area contributed by atoms with Gasteiger partial charge in [-0.05, 0) is 12.1 Å². The number of allylic oxidation sites excluding steroid dienone is 1. The minimum atomic E-state index is -2.12. The average Bonchev–Trinajstić information content (AvgIpc) is 2.06. The highest BCUT2D eigenvalue weighted by molar-refractivity contribution is 6.76. The molecule has 0 aromatic carbocycles. The van der Waals surface area contributed by atoms with Crippen molar-refractivity contribution in [1.29, 1.82) is 0 Å². The molecule has 0 saturated heterocycles. The van der Waals surface area contributed by atoms with E-state index in [9.17, 15) is 0 Å². The first kappa shape index (κ1) is 11.9. The lowest BCUT2D eigenvalue weighted by Crippen LogP contribution is -2.45. The first-order valence-corrected chi connectivity index (χ1v) is 6.20. The van der Waals surface area contributed by atoms with Crippen molar-refractivity contribution in [3.63, 3.8) is 0 Å². The van der Waals surface area contributed by atoms with Crippen LogP contribution in [0.15, 0.2) is 11.8 Å². The fourth-order valence-corrected chi connectivity index (χ4v) is 4.57. The Hall–Kier alpha value is -0.123. The van der Waals surface area contributed by atoms with Gasteiger partial charge in [-0.1, -0.05) is 26.8 Å². The topological polar surface area (TPSA) is 18.5 Å². The average molecular weight is 188 g/mol. The summed E-state index contributed by atoms with van der Waals surface area (Å²) in [5.41, 5.74) is 0.463. The van der Waals surface area contributed by atoms with Crippen molar-refractivity contribution in [3.05, 3.63) is 11.8 Å². The quantitative estimate of drug-likeness (QED) is 0.618. The molecule has 72 valence electrons. The number of hydrogen-bond donors (Lipinski definition) is 0. The molecule has 1 unspecified atom stereocenters. The van der Waals surface area contributed by atoms with E-state index in [0.29, 0.717) is 5.54 Å². The molecule has 0 amide bonds. The van der Waals surface area contributed by atoms with Gasteiger partial charge < -0.3 is 8.85 Å². The zero-order chi connectivity index (χ0) is 9.78. The molecule has 3 heteroatoms. The first-order valence-electron chi connectivity index (χ1n) is 4.31. The normalized spacial score (nSPS) is 14.4. The molecule has 0 saturated carbocycles. The molecule has 0 N–H and O–H groups in total. The maximum Gasteiger partial charge on any atom is 0.369 e. The van der Waals surface area contributed by atoms with Gasteiger partial charge in [0.25, 0.3) is 0 Å². The van der Waals surface area contributed by atoms with Crippen LogP contribution >= 0.6 is 0 Å². The van der Waals surface area contributed by atoms with Crippen LogP contribution in [0.5, 0.6) is 0 Å². The Morgan fingerprint density at radius 2 is 1.83 bits per heavy atom. The highest BCUT2D eigenvalue weighted by Gasteiger charge is 2.42. The molecule has 0 rings (SSSR count). The second-order valence-electron chi connectivity index (χ2n) is 3.17. The van der Waals surface area contributed by atoms with Gasteiger partial charge in [-0.3, -0.25) is 0 Å². The molecule has 1 atom stereocenters. The van der Waals surface area contributed by atoms with E-state index in [0.717, 1.165) is 11.6 Å². The van der Waals surface area contributed by atoms with Gasteiger partial charge in [0.15, 0.2) is 0 Å². The Morgan fingerprint density at radius 3 is 1.92 bits per heavy atom. The van der Waals surface area contributed by atoms with Gasteiger partial charge in [-0.25, -0.2) is 0 Å². The SMILES string of the molecule is C=C(C)[Si](OC)(OC)C(C)CC. The van der Waals surface area contributed by atoms with E-state index >= 15 is 0 Å². The first-order chi connectivity index (χ1) is 5.55. The molecule has 2 nitrogen and oxygen atoms in total. The highest BCUT2D eigenvalue weighted by Crippen LogP contribution is 2.30. The van der Waals surface area contributed by atoms with E-state index in [1.165, 1.54) is 0 Å². The van der Waals surface area contributed by atoms with E-state index in [1.54, 1.807) is 14.2 Å². The summed E-state index contributed by atoms with van der Waals surface area (Å²) < 4.78 is 11.0. The van der Waals surface area contributed by atoms with Crippen LogP contribution in [0.1, 0.15) is 27.2 Å².